The normalized spacial score (nSPS) is 13.1. The first kappa shape index (κ1) is 13.1. The highest BCUT2D eigenvalue weighted by molar-refractivity contribution is 5.19. The zero-order valence-electron chi connectivity index (χ0n) is 9.84. The second-order valence-electron chi connectivity index (χ2n) is 4.67. The molecule has 90 valence electrons. The van der Waals surface area contributed by atoms with Crippen LogP contribution in [0.1, 0.15) is 25.8 Å². The van der Waals surface area contributed by atoms with Crippen molar-refractivity contribution in [2.45, 2.75) is 26.7 Å². The van der Waals surface area contributed by atoms with E-state index in [2.05, 4.69) is 13.8 Å². The largest absolute Gasteiger partial charge is 0.330 e. The highest BCUT2D eigenvalue weighted by Crippen LogP contribution is 2.19. The highest BCUT2D eigenvalue weighted by Gasteiger charge is 2.13. The van der Waals surface area contributed by atoms with Crippen LogP contribution in [0.25, 0.3) is 0 Å². The lowest BCUT2D eigenvalue weighted by molar-refractivity contribution is 0.408. The standard InChI is InChI=1S/C13H19F2N/c1-9(2)5-10(8-16)6-11-7-12(14)3-4-13(11)15/h3-4,7,9-10H,5-6,8,16H2,1-2H3. The molecule has 1 rings (SSSR count). The van der Waals surface area contributed by atoms with E-state index in [4.69, 9.17) is 5.73 Å². The number of nitrogens with two attached hydrogens (primary N) is 1. The van der Waals surface area contributed by atoms with Crippen LogP contribution in [0.5, 0.6) is 0 Å². The lowest BCUT2D eigenvalue weighted by Crippen LogP contribution is -2.19. The first-order valence-corrected chi connectivity index (χ1v) is 5.67. The van der Waals surface area contributed by atoms with Crippen molar-refractivity contribution >= 4 is 0 Å². The van der Waals surface area contributed by atoms with E-state index in [9.17, 15) is 8.78 Å². The Hall–Kier alpha value is -0.960. The van der Waals surface area contributed by atoms with Crippen LogP contribution in [-0.4, -0.2) is 6.54 Å². The SMILES string of the molecule is CC(C)CC(CN)Cc1cc(F)ccc1F. The van der Waals surface area contributed by atoms with Gasteiger partial charge in [-0.3, -0.25) is 0 Å². The highest BCUT2D eigenvalue weighted by atomic mass is 19.1. The minimum atomic E-state index is -0.392. The summed E-state index contributed by atoms with van der Waals surface area (Å²) < 4.78 is 26.4. The van der Waals surface area contributed by atoms with E-state index in [1.54, 1.807) is 0 Å². The van der Waals surface area contributed by atoms with E-state index < -0.39 is 5.82 Å². The predicted octanol–water partition coefficient (Wildman–Crippen LogP) is 3.13. The number of hydrogen-bond acceptors (Lipinski definition) is 1. The van der Waals surface area contributed by atoms with Crippen molar-refractivity contribution in [1.82, 2.24) is 0 Å². The zero-order valence-corrected chi connectivity index (χ0v) is 9.84. The zero-order chi connectivity index (χ0) is 12.1. The van der Waals surface area contributed by atoms with Crippen LogP contribution in [0, 0.1) is 23.5 Å². The first-order chi connectivity index (χ1) is 7.52. The Kier molecular flexibility index (Phi) is 4.87. The Labute approximate surface area is 95.7 Å². The maximum Gasteiger partial charge on any atom is 0.126 e. The van der Waals surface area contributed by atoms with E-state index in [1.807, 2.05) is 0 Å². The van der Waals surface area contributed by atoms with Crippen LogP contribution in [0.3, 0.4) is 0 Å². The number of benzene rings is 1. The molecule has 1 aromatic rings. The van der Waals surface area contributed by atoms with Crippen molar-refractivity contribution < 1.29 is 8.78 Å². The van der Waals surface area contributed by atoms with Gasteiger partial charge in [-0.2, -0.15) is 0 Å². The molecule has 0 aliphatic heterocycles. The van der Waals surface area contributed by atoms with Gasteiger partial charge in [-0.1, -0.05) is 13.8 Å². The van der Waals surface area contributed by atoms with Gasteiger partial charge in [-0.25, -0.2) is 8.78 Å². The van der Waals surface area contributed by atoms with Gasteiger partial charge in [0.05, 0.1) is 0 Å². The van der Waals surface area contributed by atoms with Crippen molar-refractivity contribution in [3.8, 4) is 0 Å². The van der Waals surface area contributed by atoms with Crippen LogP contribution in [-0.2, 0) is 6.42 Å². The monoisotopic (exact) mass is 227 g/mol. The maximum atomic E-state index is 13.4. The summed E-state index contributed by atoms with van der Waals surface area (Å²) in [6, 6.07) is 3.57. The van der Waals surface area contributed by atoms with E-state index in [0.717, 1.165) is 12.5 Å². The van der Waals surface area contributed by atoms with Gasteiger partial charge in [0.1, 0.15) is 11.6 Å². The molecule has 1 unspecified atom stereocenters. The fourth-order valence-electron chi connectivity index (χ4n) is 1.94. The fourth-order valence-corrected chi connectivity index (χ4v) is 1.94. The third-order valence-electron chi connectivity index (χ3n) is 2.65. The van der Waals surface area contributed by atoms with Gasteiger partial charge in [0.2, 0.25) is 0 Å². The molecule has 0 bridgehead atoms. The Balaban J connectivity index is 2.73. The quantitative estimate of drug-likeness (QED) is 0.821. The Morgan fingerprint density at radius 1 is 1.25 bits per heavy atom. The number of halogens is 2. The van der Waals surface area contributed by atoms with Crippen molar-refractivity contribution in [2.24, 2.45) is 17.6 Å². The molecule has 1 aromatic carbocycles. The third-order valence-corrected chi connectivity index (χ3v) is 2.65. The van der Waals surface area contributed by atoms with Crippen LogP contribution in [0.4, 0.5) is 8.78 Å². The van der Waals surface area contributed by atoms with E-state index >= 15 is 0 Å². The topological polar surface area (TPSA) is 26.0 Å². The minimum Gasteiger partial charge on any atom is -0.330 e. The molecule has 1 atom stereocenters. The average molecular weight is 227 g/mol. The Morgan fingerprint density at radius 3 is 2.50 bits per heavy atom. The molecule has 0 saturated carbocycles. The summed E-state index contributed by atoms with van der Waals surface area (Å²) in [6.45, 7) is 4.71. The van der Waals surface area contributed by atoms with Crippen LogP contribution in [0.15, 0.2) is 18.2 Å². The average Bonchev–Trinajstić information content (AvgIpc) is 2.21. The van der Waals surface area contributed by atoms with Crippen LogP contribution in [0.2, 0.25) is 0 Å². The van der Waals surface area contributed by atoms with Gasteiger partial charge in [-0.15, -0.1) is 0 Å². The molecule has 0 heterocycles. The molecule has 0 amide bonds. The van der Waals surface area contributed by atoms with Gasteiger partial charge in [0, 0.05) is 0 Å². The fraction of sp³-hybridized carbons (Fsp3) is 0.538. The van der Waals surface area contributed by atoms with Gasteiger partial charge in [0.25, 0.3) is 0 Å². The van der Waals surface area contributed by atoms with Crippen molar-refractivity contribution in [3.05, 3.63) is 35.4 Å². The predicted molar refractivity (Wildman–Crippen MR) is 62.1 cm³/mol. The molecule has 0 saturated heterocycles. The molecule has 0 radical (unpaired) electrons. The molecule has 3 heteroatoms. The summed E-state index contributed by atoms with van der Waals surface area (Å²) in [5.41, 5.74) is 6.07. The Bertz CT molecular complexity index is 337. The van der Waals surface area contributed by atoms with Crippen LogP contribution < -0.4 is 5.73 Å². The van der Waals surface area contributed by atoms with Gasteiger partial charge in [0.15, 0.2) is 0 Å². The van der Waals surface area contributed by atoms with E-state index in [1.165, 1.54) is 12.1 Å². The number of rotatable bonds is 5. The lowest BCUT2D eigenvalue weighted by Gasteiger charge is -2.17. The van der Waals surface area contributed by atoms with Crippen molar-refractivity contribution in [3.63, 3.8) is 0 Å². The third kappa shape index (κ3) is 3.89. The smallest absolute Gasteiger partial charge is 0.126 e. The summed E-state index contributed by atoms with van der Waals surface area (Å²) in [5.74, 6) is 0.00166. The van der Waals surface area contributed by atoms with Gasteiger partial charge in [-0.05, 0) is 55.0 Å². The molecule has 0 fully saturated rings. The second kappa shape index (κ2) is 5.94. The Morgan fingerprint density at radius 2 is 1.94 bits per heavy atom. The summed E-state index contributed by atoms with van der Waals surface area (Å²) in [5, 5.41) is 0. The minimum absolute atomic E-state index is 0.219. The second-order valence-corrected chi connectivity index (χ2v) is 4.67. The van der Waals surface area contributed by atoms with Gasteiger partial charge >= 0.3 is 0 Å². The van der Waals surface area contributed by atoms with Crippen LogP contribution >= 0.6 is 0 Å². The van der Waals surface area contributed by atoms with E-state index in [0.29, 0.717) is 24.4 Å². The summed E-state index contributed by atoms with van der Waals surface area (Å²) in [7, 11) is 0. The lowest BCUT2D eigenvalue weighted by atomic mass is 9.91. The molecule has 0 aliphatic rings. The summed E-state index contributed by atoms with van der Waals surface area (Å²) in [4.78, 5) is 0. The maximum absolute atomic E-state index is 13.4. The number of hydrogen-bond donors (Lipinski definition) is 1. The molecule has 0 spiro atoms. The molecule has 16 heavy (non-hydrogen) atoms. The molecule has 0 aliphatic carbocycles. The first-order valence-electron chi connectivity index (χ1n) is 5.67. The van der Waals surface area contributed by atoms with Crippen molar-refractivity contribution in [1.29, 1.82) is 0 Å². The molecule has 2 N–H and O–H groups in total. The molecular weight excluding hydrogens is 208 g/mol. The van der Waals surface area contributed by atoms with E-state index in [-0.39, 0.29) is 11.7 Å². The summed E-state index contributed by atoms with van der Waals surface area (Å²) in [6.07, 6.45) is 1.45. The van der Waals surface area contributed by atoms with Crippen molar-refractivity contribution in [2.75, 3.05) is 6.54 Å². The molecule has 1 nitrogen and oxygen atoms in total. The molecular formula is C13H19F2N. The molecule has 0 aromatic heterocycles. The van der Waals surface area contributed by atoms with Gasteiger partial charge < -0.3 is 5.73 Å². The summed E-state index contributed by atoms with van der Waals surface area (Å²) >= 11 is 0.